The Hall–Kier alpha value is -1.19. The van der Waals surface area contributed by atoms with Crippen molar-refractivity contribution in [1.82, 2.24) is 10.3 Å². The van der Waals surface area contributed by atoms with Crippen LogP contribution in [-0.2, 0) is 6.54 Å². The highest BCUT2D eigenvalue weighted by Crippen LogP contribution is 2.22. The molecule has 0 radical (unpaired) electrons. The van der Waals surface area contributed by atoms with Crippen LogP contribution in [0.1, 0.15) is 19.4 Å². The van der Waals surface area contributed by atoms with Crippen molar-refractivity contribution in [3.8, 4) is 11.1 Å². The van der Waals surface area contributed by atoms with E-state index in [1.165, 1.54) is 11.1 Å². The zero-order valence-electron chi connectivity index (χ0n) is 10.7. The molecule has 0 aliphatic rings. The van der Waals surface area contributed by atoms with Crippen molar-refractivity contribution in [1.29, 1.82) is 0 Å². The maximum absolute atomic E-state index is 4.31. The molecule has 0 saturated carbocycles. The summed E-state index contributed by atoms with van der Waals surface area (Å²) in [7, 11) is 0. The molecule has 2 rings (SSSR count). The van der Waals surface area contributed by atoms with Gasteiger partial charge in [0.1, 0.15) is 0 Å². The van der Waals surface area contributed by atoms with Crippen LogP contribution >= 0.6 is 15.9 Å². The summed E-state index contributed by atoms with van der Waals surface area (Å²) in [6.45, 7) is 5.14. The van der Waals surface area contributed by atoms with Crippen molar-refractivity contribution in [3.05, 3.63) is 52.8 Å². The molecule has 94 valence electrons. The van der Waals surface area contributed by atoms with Gasteiger partial charge < -0.3 is 5.32 Å². The Bertz CT molecular complexity index is 523. The molecule has 0 atom stereocenters. The van der Waals surface area contributed by atoms with E-state index < -0.39 is 0 Å². The second-order valence-corrected chi connectivity index (χ2v) is 5.54. The summed E-state index contributed by atoms with van der Waals surface area (Å²) in [5.41, 5.74) is 3.55. The van der Waals surface area contributed by atoms with Crippen LogP contribution in [0.15, 0.2) is 47.2 Å². The molecule has 1 aromatic carbocycles. The molecular formula is C15H17BrN2. The van der Waals surface area contributed by atoms with Crippen molar-refractivity contribution >= 4 is 15.9 Å². The molecule has 1 N–H and O–H groups in total. The summed E-state index contributed by atoms with van der Waals surface area (Å²) in [5, 5.41) is 3.40. The van der Waals surface area contributed by atoms with Crippen LogP contribution in [0, 0.1) is 0 Å². The smallest absolute Gasteiger partial charge is 0.0346 e. The largest absolute Gasteiger partial charge is 0.310 e. The summed E-state index contributed by atoms with van der Waals surface area (Å²) in [5.74, 6) is 0. The lowest BCUT2D eigenvalue weighted by atomic mass is 10.1. The molecular weight excluding hydrogens is 288 g/mol. The average molecular weight is 305 g/mol. The van der Waals surface area contributed by atoms with Gasteiger partial charge in [-0.15, -0.1) is 0 Å². The summed E-state index contributed by atoms with van der Waals surface area (Å²) in [4.78, 5) is 4.31. The number of pyridine rings is 1. The minimum atomic E-state index is 0.486. The van der Waals surface area contributed by atoms with E-state index in [-0.39, 0.29) is 0 Å². The monoisotopic (exact) mass is 304 g/mol. The van der Waals surface area contributed by atoms with Crippen molar-refractivity contribution in [3.63, 3.8) is 0 Å². The Balaban J connectivity index is 2.21. The van der Waals surface area contributed by atoms with Crippen molar-refractivity contribution in [2.75, 3.05) is 0 Å². The number of nitrogens with zero attached hydrogens (tertiary/aromatic N) is 1. The summed E-state index contributed by atoms with van der Waals surface area (Å²) >= 11 is 3.49. The number of aromatic nitrogens is 1. The first kappa shape index (κ1) is 13.2. The normalized spacial score (nSPS) is 10.9. The van der Waals surface area contributed by atoms with E-state index in [2.05, 4.69) is 58.3 Å². The van der Waals surface area contributed by atoms with Gasteiger partial charge in [-0.1, -0.05) is 41.9 Å². The topological polar surface area (TPSA) is 24.9 Å². The Morgan fingerprint density at radius 2 is 2.00 bits per heavy atom. The molecule has 0 saturated heterocycles. The molecule has 3 heteroatoms. The maximum Gasteiger partial charge on any atom is 0.0346 e. The van der Waals surface area contributed by atoms with Gasteiger partial charge in [-0.2, -0.15) is 0 Å². The first-order chi connectivity index (χ1) is 8.65. The minimum Gasteiger partial charge on any atom is -0.310 e. The third kappa shape index (κ3) is 3.65. The number of benzene rings is 1. The van der Waals surface area contributed by atoms with E-state index in [9.17, 15) is 0 Å². The van der Waals surface area contributed by atoms with Gasteiger partial charge in [0.05, 0.1) is 0 Å². The first-order valence-corrected chi connectivity index (χ1v) is 6.87. The number of hydrogen-bond acceptors (Lipinski definition) is 2. The van der Waals surface area contributed by atoms with E-state index in [0.29, 0.717) is 6.04 Å². The Morgan fingerprint density at radius 1 is 1.17 bits per heavy atom. The highest BCUT2D eigenvalue weighted by Gasteiger charge is 2.01. The lowest BCUT2D eigenvalue weighted by Gasteiger charge is -2.09. The van der Waals surface area contributed by atoms with E-state index in [4.69, 9.17) is 0 Å². The van der Waals surface area contributed by atoms with E-state index in [1.54, 1.807) is 0 Å². The van der Waals surface area contributed by atoms with Crippen molar-refractivity contribution in [2.24, 2.45) is 0 Å². The van der Waals surface area contributed by atoms with Crippen LogP contribution in [-0.4, -0.2) is 11.0 Å². The molecule has 1 aromatic heterocycles. The van der Waals surface area contributed by atoms with Crippen molar-refractivity contribution < 1.29 is 0 Å². The van der Waals surface area contributed by atoms with Gasteiger partial charge >= 0.3 is 0 Å². The second kappa shape index (κ2) is 6.12. The fraction of sp³-hybridized carbons (Fsp3) is 0.267. The Labute approximate surface area is 117 Å². The molecule has 0 aliphatic heterocycles. The van der Waals surface area contributed by atoms with Gasteiger partial charge in [0, 0.05) is 35.0 Å². The average Bonchev–Trinajstić information content (AvgIpc) is 2.37. The zero-order chi connectivity index (χ0) is 13.0. The molecule has 2 nitrogen and oxygen atoms in total. The molecule has 2 aromatic rings. The zero-order valence-corrected chi connectivity index (χ0v) is 12.2. The van der Waals surface area contributed by atoms with E-state index in [1.807, 2.05) is 24.5 Å². The number of rotatable bonds is 4. The van der Waals surface area contributed by atoms with Gasteiger partial charge in [0.15, 0.2) is 0 Å². The lowest BCUT2D eigenvalue weighted by Crippen LogP contribution is -2.21. The van der Waals surface area contributed by atoms with Crippen LogP contribution in [0.25, 0.3) is 11.1 Å². The quantitative estimate of drug-likeness (QED) is 0.923. The highest BCUT2D eigenvalue weighted by molar-refractivity contribution is 9.10. The predicted molar refractivity (Wildman–Crippen MR) is 79.3 cm³/mol. The molecule has 0 bridgehead atoms. The van der Waals surface area contributed by atoms with Gasteiger partial charge in [-0.25, -0.2) is 0 Å². The number of halogens is 1. The van der Waals surface area contributed by atoms with Gasteiger partial charge in [0.2, 0.25) is 0 Å². The van der Waals surface area contributed by atoms with E-state index in [0.717, 1.165) is 16.6 Å². The van der Waals surface area contributed by atoms with Crippen LogP contribution in [0.4, 0.5) is 0 Å². The standard InChI is InChI=1S/C15H17BrN2/c1-11(2)18-9-12-6-14(10-17-8-12)13-4-3-5-15(16)7-13/h3-8,10-11,18H,9H2,1-2H3. The highest BCUT2D eigenvalue weighted by atomic mass is 79.9. The van der Waals surface area contributed by atoms with Crippen molar-refractivity contribution in [2.45, 2.75) is 26.4 Å². The summed E-state index contributed by atoms with van der Waals surface area (Å²) < 4.78 is 1.09. The predicted octanol–water partition coefficient (Wildman–Crippen LogP) is 4.01. The Morgan fingerprint density at radius 3 is 2.72 bits per heavy atom. The third-order valence-corrected chi connectivity index (χ3v) is 3.16. The number of nitrogens with one attached hydrogen (secondary N) is 1. The maximum atomic E-state index is 4.31. The molecule has 0 fully saturated rings. The van der Waals surface area contributed by atoms with Crippen LogP contribution < -0.4 is 5.32 Å². The fourth-order valence-corrected chi connectivity index (χ4v) is 2.13. The lowest BCUT2D eigenvalue weighted by molar-refractivity contribution is 0.588. The van der Waals surface area contributed by atoms with Gasteiger partial charge in [0.25, 0.3) is 0 Å². The fourth-order valence-electron chi connectivity index (χ4n) is 1.73. The molecule has 18 heavy (non-hydrogen) atoms. The Kier molecular flexibility index (Phi) is 4.50. The molecule has 0 unspecified atom stereocenters. The van der Waals surface area contributed by atoms with Crippen LogP contribution in [0.2, 0.25) is 0 Å². The molecule has 0 spiro atoms. The second-order valence-electron chi connectivity index (χ2n) is 4.63. The first-order valence-electron chi connectivity index (χ1n) is 6.08. The summed E-state index contributed by atoms with van der Waals surface area (Å²) in [6.07, 6.45) is 3.82. The SMILES string of the molecule is CC(C)NCc1cncc(-c2cccc(Br)c2)c1. The molecule has 0 amide bonds. The summed E-state index contributed by atoms with van der Waals surface area (Å²) in [6, 6.07) is 10.9. The third-order valence-electron chi connectivity index (χ3n) is 2.67. The van der Waals surface area contributed by atoms with Gasteiger partial charge in [-0.3, -0.25) is 4.98 Å². The molecule has 0 aliphatic carbocycles. The molecule has 1 heterocycles. The van der Waals surface area contributed by atoms with E-state index >= 15 is 0 Å². The van der Waals surface area contributed by atoms with Crippen LogP contribution in [0.5, 0.6) is 0 Å². The van der Waals surface area contributed by atoms with Crippen LogP contribution in [0.3, 0.4) is 0 Å². The minimum absolute atomic E-state index is 0.486. The number of hydrogen-bond donors (Lipinski definition) is 1. The van der Waals surface area contributed by atoms with Gasteiger partial charge in [-0.05, 0) is 29.3 Å².